The molecule has 4 rings (SSSR count). The van der Waals surface area contributed by atoms with Gasteiger partial charge < -0.3 is 5.32 Å². The van der Waals surface area contributed by atoms with E-state index in [9.17, 15) is 9.59 Å². The van der Waals surface area contributed by atoms with Gasteiger partial charge in [-0.1, -0.05) is 36.4 Å². The summed E-state index contributed by atoms with van der Waals surface area (Å²) in [6.07, 6.45) is 1.40. The molecule has 0 unspecified atom stereocenters. The van der Waals surface area contributed by atoms with Gasteiger partial charge >= 0.3 is 0 Å². The van der Waals surface area contributed by atoms with E-state index in [-0.39, 0.29) is 23.7 Å². The van der Waals surface area contributed by atoms with E-state index in [1.54, 1.807) is 18.2 Å². The van der Waals surface area contributed by atoms with Gasteiger partial charge in [-0.05, 0) is 18.2 Å². The third kappa shape index (κ3) is 2.95. The molecule has 2 N–H and O–H groups in total. The number of benzene rings is 2. The maximum atomic E-state index is 12.3. The van der Waals surface area contributed by atoms with Crippen molar-refractivity contribution in [2.24, 2.45) is 0 Å². The zero-order chi connectivity index (χ0) is 17.9. The molecule has 0 atom stereocenters. The predicted octanol–water partition coefficient (Wildman–Crippen LogP) is 1.43. The predicted molar refractivity (Wildman–Crippen MR) is 94.9 cm³/mol. The molecule has 8 nitrogen and oxygen atoms in total. The van der Waals surface area contributed by atoms with Gasteiger partial charge in [0, 0.05) is 5.39 Å². The molecule has 2 heterocycles. The minimum Gasteiger partial charge on any atom is -0.345 e. The van der Waals surface area contributed by atoms with Crippen LogP contribution in [0, 0.1) is 0 Å². The average molecular weight is 346 g/mol. The first-order chi connectivity index (χ1) is 12.7. The molecule has 0 bridgehead atoms. The minimum atomic E-state index is -0.371. The summed E-state index contributed by atoms with van der Waals surface area (Å²) < 4.78 is 0. The van der Waals surface area contributed by atoms with Gasteiger partial charge in [-0.25, -0.2) is 5.10 Å². The monoisotopic (exact) mass is 346 g/mol. The molecule has 0 spiro atoms. The van der Waals surface area contributed by atoms with Crippen LogP contribution in [-0.4, -0.2) is 31.1 Å². The summed E-state index contributed by atoms with van der Waals surface area (Å²) in [6.45, 7) is 0.161. The van der Waals surface area contributed by atoms with E-state index < -0.39 is 0 Å². The van der Waals surface area contributed by atoms with Gasteiger partial charge in [0.2, 0.25) is 0 Å². The molecular formula is C18H14N6O2. The van der Waals surface area contributed by atoms with Crippen LogP contribution in [0.4, 0.5) is 0 Å². The average Bonchev–Trinajstić information content (AvgIpc) is 3.19. The molecule has 0 aliphatic rings. The third-order valence-electron chi connectivity index (χ3n) is 3.90. The Morgan fingerprint density at radius 3 is 2.58 bits per heavy atom. The Labute approximate surface area is 147 Å². The topological polar surface area (TPSA) is 106 Å². The van der Waals surface area contributed by atoms with E-state index in [2.05, 4.69) is 25.7 Å². The summed E-state index contributed by atoms with van der Waals surface area (Å²) in [4.78, 5) is 25.5. The van der Waals surface area contributed by atoms with Crippen LogP contribution >= 0.6 is 0 Å². The number of hydrogen-bond donors (Lipinski definition) is 2. The van der Waals surface area contributed by atoms with Gasteiger partial charge in [0.15, 0.2) is 5.69 Å². The molecule has 2 aromatic carbocycles. The zero-order valence-corrected chi connectivity index (χ0v) is 13.6. The smallest absolute Gasteiger partial charge is 0.273 e. The van der Waals surface area contributed by atoms with Crippen molar-refractivity contribution in [3.63, 3.8) is 0 Å². The van der Waals surface area contributed by atoms with E-state index in [1.807, 2.05) is 36.4 Å². The first-order valence-electron chi connectivity index (χ1n) is 7.94. The third-order valence-corrected chi connectivity index (χ3v) is 3.90. The first kappa shape index (κ1) is 15.7. The number of fused-ring (bicyclic) bond motifs is 1. The molecule has 0 aliphatic carbocycles. The van der Waals surface area contributed by atoms with Gasteiger partial charge in [-0.3, -0.25) is 9.59 Å². The van der Waals surface area contributed by atoms with Crippen molar-refractivity contribution >= 4 is 16.7 Å². The highest BCUT2D eigenvalue weighted by atomic mass is 16.2. The molecule has 26 heavy (non-hydrogen) atoms. The Bertz CT molecular complexity index is 1130. The fourth-order valence-corrected chi connectivity index (χ4v) is 2.61. The van der Waals surface area contributed by atoms with E-state index in [0.717, 1.165) is 5.69 Å². The number of aromatic amines is 1. The summed E-state index contributed by atoms with van der Waals surface area (Å²) >= 11 is 0. The number of rotatable bonds is 4. The second kappa shape index (κ2) is 6.60. The Morgan fingerprint density at radius 1 is 1.04 bits per heavy atom. The number of H-pyrrole nitrogens is 1. The van der Waals surface area contributed by atoms with Crippen LogP contribution in [-0.2, 0) is 6.54 Å². The largest absolute Gasteiger partial charge is 0.345 e. The second-order valence-electron chi connectivity index (χ2n) is 5.58. The molecule has 0 saturated carbocycles. The number of aromatic nitrogens is 5. The van der Waals surface area contributed by atoms with Crippen LogP contribution in [0.2, 0.25) is 0 Å². The van der Waals surface area contributed by atoms with E-state index in [1.165, 1.54) is 11.0 Å². The van der Waals surface area contributed by atoms with Crippen molar-refractivity contribution in [2.75, 3.05) is 0 Å². The maximum Gasteiger partial charge on any atom is 0.273 e. The van der Waals surface area contributed by atoms with Crippen molar-refractivity contribution in [1.29, 1.82) is 0 Å². The lowest BCUT2D eigenvalue weighted by molar-refractivity contribution is 0.0945. The van der Waals surface area contributed by atoms with Crippen molar-refractivity contribution in [3.8, 4) is 5.69 Å². The number of carbonyl (C=O) groups is 1. The Kier molecular flexibility index (Phi) is 3.98. The maximum absolute atomic E-state index is 12.3. The highest BCUT2D eigenvalue weighted by molar-refractivity contribution is 5.92. The van der Waals surface area contributed by atoms with Gasteiger partial charge in [0.25, 0.3) is 11.5 Å². The number of amides is 1. The van der Waals surface area contributed by atoms with Crippen molar-refractivity contribution < 1.29 is 4.79 Å². The van der Waals surface area contributed by atoms with Crippen LogP contribution in [0.3, 0.4) is 0 Å². The summed E-state index contributed by atoms with van der Waals surface area (Å²) in [6, 6.07) is 16.4. The fourth-order valence-electron chi connectivity index (χ4n) is 2.61. The highest BCUT2D eigenvalue weighted by Gasteiger charge is 2.13. The van der Waals surface area contributed by atoms with E-state index in [0.29, 0.717) is 16.5 Å². The van der Waals surface area contributed by atoms with Gasteiger partial charge in [-0.2, -0.15) is 15.0 Å². The number of carbonyl (C=O) groups excluding carboxylic acids is 1. The molecule has 0 aliphatic heterocycles. The molecule has 4 aromatic rings. The standard InChI is InChI=1S/C18H14N6O2/c25-17-14-9-5-4-8-13(14)15(21-22-17)10-19-18(26)16-11-20-24(23-16)12-6-2-1-3-7-12/h1-9,11H,10H2,(H,19,26)(H,22,25). The quantitative estimate of drug-likeness (QED) is 0.581. The minimum absolute atomic E-state index is 0.161. The van der Waals surface area contributed by atoms with Gasteiger partial charge in [-0.15, -0.1) is 5.10 Å². The molecule has 128 valence electrons. The lowest BCUT2D eigenvalue weighted by Crippen LogP contribution is -2.25. The molecule has 0 fully saturated rings. The molecule has 0 saturated heterocycles. The number of nitrogens with zero attached hydrogens (tertiary/aromatic N) is 4. The Balaban J connectivity index is 1.53. The lowest BCUT2D eigenvalue weighted by atomic mass is 10.1. The van der Waals surface area contributed by atoms with Crippen LogP contribution in [0.25, 0.3) is 16.5 Å². The Hall–Kier alpha value is -3.81. The highest BCUT2D eigenvalue weighted by Crippen LogP contribution is 2.12. The van der Waals surface area contributed by atoms with E-state index in [4.69, 9.17) is 0 Å². The number of nitrogens with one attached hydrogen (secondary N) is 2. The number of para-hydroxylation sites is 1. The first-order valence-corrected chi connectivity index (χ1v) is 7.94. The summed E-state index contributed by atoms with van der Waals surface area (Å²) in [5, 5.41) is 18.7. The van der Waals surface area contributed by atoms with Gasteiger partial charge in [0.05, 0.1) is 29.5 Å². The van der Waals surface area contributed by atoms with Gasteiger partial charge in [0.1, 0.15) is 0 Å². The summed E-state index contributed by atoms with van der Waals surface area (Å²) in [7, 11) is 0. The van der Waals surface area contributed by atoms with Crippen LogP contribution in [0.15, 0.2) is 65.6 Å². The van der Waals surface area contributed by atoms with Crippen molar-refractivity contribution in [1.82, 2.24) is 30.5 Å². The normalized spacial score (nSPS) is 10.8. The zero-order valence-electron chi connectivity index (χ0n) is 13.6. The van der Waals surface area contributed by atoms with Crippen LogP contribution in [0.5, 0.6) is 0 Å². The van der Waals surface area contributed by atoms with E-state index >= 15 is 0 Å². The second-order valence-corrected chi connectivity index (χ2v) is 5.58. The fraction of sp³-hybridized carbons (Fsp3) is 0.0556. The van der Waals surface area contributed by atoms with Crippen molar-refractivity contribution in [3.05, 3.63) is 82.5 Å². The number of hydrogen-bond acceptors (Lipinski definition) is 5. The van der Waals surface area contributed by atoms with Crippen LogP contribution < -0.4 is 10.9 Å². The molecule has 0 radical (unpaired) electrons. The summed E-state index contributed by atoms with van der Waals surface area (Å²) in [5.41, 5.74) is 1.27. The molecule has 8 heteroatoms. The summed E-state index contributed by atoms with van der Waals surface area (Å²) in [5.74, 6) is -0.371. The molecule has 1 amide bonds. The Morgan fingerprint density at radius 2 is 1.77 bits per heavy atom. The van der Waals surface area contributed by atoms with Crippen molar-refractivity contribution in [2.45, 2.75) is 6.54 Å². The molecule has 2 aromatic heterocycles. The molecular weight excluding hydrogens is 332 g/mol. The lowest BCUT2D eigenvalue weighted by Gasteiger charge is -2.05. The van der Waals surface area contributed by atoms with Crippen LogP contribution in [0.1, 0.15) is 16.2 Å². The SMILES string of the molecule is O=C(NCc1n[nH]c(=O)c2ccccc12)c1cnn(-c2ccccc2)n1.